The predicted molar refractivity (Wildman–Crippen MR) is 84.4 cm³/mol. The molecule has 0 saturated carbocycles. The molecular formula is C16H12FN3OS. The van der Waals surface area contributed by atoms with Gasteiger partial charge in [0.1, 0.15) is 10.8 Å². The highest BCUT2D eigenvalue weighted by molar-refractivity contribution is 7.18. The number of aryl methyl sites for hydroxylation is 1. The first-order chi connectivity index (χ1) is 10.6. The lowest BCUT2D eigenvalue weighted by atomic mass is 10.2. The van der Waals surface area contributed by atoms with Gasteiger partial charge >= 0.3 is 0 Å². The first kappa shape index (κ1) is 14.3. The molecule has 6 heteroatoms. The molecule has 110 valence electrons. The quantitative estimate of drug-likeness (QED) is 0.797. The summed E-state index contributed by atoms with van der Waals surface area (Å²) in [6.45, 7) is 2.01. The van der Waals surface area contributed by atoms with Crippen molar-refractivity contribution in [2.45, 2.75) is 6.92 Å². The molecule has 0 fully saturated rings. The van der Waals surface area contributed by atoms with Gasteiger partial charge in [-0.3, -0.25) is 10.1 Å². The fourth-order valence-corrected chi connectivity index (χ4v) is 2.63. The summed E-state index contributed by atoms with van der Waals surface area (Å²) in [6, 6.07) is 13.4. The van der Waals surface area contributed by atoms with E-state index in [1.165, 1.54) is 29.5 Å². The maximum absolute atomic E-state index is 13.1. The van der Waals surface area contributed by atoms with Crippen LogP contribution in [0.2, 0.25) is 0 Å². The lowest BCUT2D eigenvalue weighted by molar-refractivity contribution is 0.102. The summed E-state index contributed by atoms with van der Waals surface area (Å²) in [5.74, 6) is -0.864. The SMILES string of the molecule is Cc1ccc(-c2nnc(NC(=O)c3cccc(F)c3)s2)cc1. The number of rotatable bonds is 3. The van der Waals surface area contributed by atoms with E-state index in [2.05, 4.69) is 15.5 Å². The Morgan fingerprint density at radius 1 is 1.14 bits per heavy atom. The smallest absolute Gasteiger partial charge is 0.257 e. The molecule has 4 nitrogen and oxygen atoms in total. The van der Waals surface area contributed by atoms with Gasteiger partial charge in [0.25, 0.3) is 5.91 Å². The second-order valence-electron chi connectivity index (χ2n) is 4.74. The van der Waals surface area contributed by atoms with E-state index < -0.39 is 11.7 Å². The largest absolute Gasteiger partial charge is 0.296 e. The second kappa shape index (κ2) is 6.03. The van der Waals surface area contributed by atoms with Crippen LogP contribution in [0.15, 0.2) is 48.5 Å². The number of carbonyl (C=O) groups excluding carboxylic acids is 1. The highest BCUT2D eigenvalue weighted by Gasteiger charge is 2.11. The molecule has 1 N–H and O–H groups in total. The van der Waals surface area contributed by atoms with Gasteiger partial charge in [0.2, 0.25) is 5.13 Å². The van der Waals surface area contributed by atoms with Gasteiger partial charge in [0.15, 0.2) is 0 Å². The van der Waals surface area contributed by atoms with Crippen LogP contribution in [0, 0.1) is 12.7 Å². The number of halogens is 1. The summed E-state index contributed by atoms with van der Waals surface area (Å²) < 4.78 is 13.1. The third-order valence-electron chi connectivity index (χ3n) is 3.03. The monoisotopic (exact) mass is 313 g/mol. The van der Waals surface area contributed by atoms with Gasteiger partial charge < -0.3 is 0 Å². The highest BCUT2D eigenvalue weighted by atomic mass is 32.1. The van der Waals surface area contributed by atoms with Crippen molar-refractivity contribution in [3.63, 3.8) is 0 Å². The van der Waals surface area contributed by atoms with Gasteiger partial charge in [0, 0.05) is 11.1 Å². The molecule has 0 aliphatic rings. The van der Waals surface area contributed by atoms with Crippen LogP contribution in [-0.4, -0.2) is 16.1 Å². The Kier molecular flexibility index (Phi) is 3.93. The van der Waals surface area contributed by atoms with Crippen molar-refractivity contribution >= 4 is 22.4 Å². The molecule has 0 atom stereocenters. The fourth-order valence-electron chi connectivity index (χ4n) is 1.89. The van der Waals surface area contributed by atoms with E-state index in [1.807, 2.05) is 31.2 Å². The molecule has 0 aliphatic carbocycles. The molecule has 3 aromatic rings. The number of benzene rings is 2. The number of aromatic nitrogens is 2. The Bertz CT molecular complexity index is 814. The van der Waals surface area contributed by atoms with Gasteiger partial charge in [-0.2, -0.15) is 0 Å². The Labute approximate surface area is 130 Å². The van der Waals surface area contributed by atoms with Crippen LogP contribution >= 0.6 is 11.3 Å². The Morgan fingerprint density at radius 2 is 1.91 bits per heavy atom. The van der Waals surface area contributed by atoms with Crippen LogP contribution in [0.4, 0.5) is 9.52 Å². The lowest BCUT2D eigenvalue weighted by Crippen LogP contribution is -2.11. The maximum Gasteiger partial charge on any atom is 0.257 e. The molecule has 0 bridgehead atoms. The van der Waals surface area contributed by atoms with Crippen molar-refractivity contribution in [3.05, 3.63) is 65.5 Å². The molecule has 1 heterocycles. The highest BCUT2D eigenvalue weighted by Crippen LogP contribution is 2.26. The summed E-state index contributed by atoms with van der Waals surface area (Å²) in [6.07, 6.45) is 0. The van der Waals surface area contributed by atoms with Gasteiger partial charge in [-0.15, -0.1) is 10.2 Å². The normalized spacial score (nSPS) is 10.5. The zero-order valence-electron chi connectivity index (χ0n) is 11.7. The van der Waals surface area contributed by atoms with Crippen molar-refractivity contribution in [1.29, 1.82) is 0 Å². The Hall–Kier alpha value is -2.60. The Balaban J connectivity index is 1.77. The lowest BCUT2D eigenvalue weighted by Gasteiger charge is -2.00. The minimum atomic E-state index is -0.453. The molecule has 0 unspecified atom stereocenters. The number of carbonyl (C=O) groups is 1. The molecule has 3 rings (SSSR count). The molecule has 22 heavy (non-hydrogen) atoms. The van der Waals surface area contributed by atoms with E-state index in [1.54, 1.807) is 6.07 Å². The zero-order chi connectivity index (χ0) is 15.5. The van der Waals surface area contributed by atoms with Crippen molar-refractivity contribution in [3.8, 4) is 10.6 Å². The minimum Gasteiger partial charge on any atom is -0.296 e. The topological polar surface area (TPSA) is 54.9 Å². The zero-order valence-corrected chi connectivity index (χ0v) is 12.5. The fraction of sp³-hybridized carbons (Fsp3) is 0.0625. The number of hydrogen-bond acceptors (Lipinski definition) is 4. The molecule has 2 aromatic carbocycles. The van der Waals surface area contributed by atoms with Gasteiger partial charge in [-0.05, 0) is 25.1 Å². The summed E-state index contributed by atoms with van der Waals surface area (Å²) in [5, 5.41) is 11.7. The average Bonchev–Trinajstić information content (AvgIpc) is 2.96. The van der Waals surface area contributed by atoms with Crippen molar-refractivity contribution < 1.29 is 9.18 Å². The number of anilines is 1. The van der Waals surface area contributed by atoms with Crippen LogP contribution in [0.5, 0.6) is 0 Å². The van der Waals surface area contributed by atoms with E-state index >= 15 is 0 Å². The van der Waals surface area contributed by atoms with Gasteiger partial charge in [-0.1, -0.05) is 47.2 Å². The third-order valence-corrected chi connectivity index (χ3v) is 3.92. The van der Waals surface area contributed by atoms with Crippen LogP contribution in [0.25, 0.3) is 10.6 Å². The van der Waals surface area contributed by atoms with Crippen LogP contribution in [-0.2, 0) is 0 Å². The van der Waals surface area contributed by atoms with E-state index in [0.29, 0.717) is 5.13 Å². The van der Waals surface area contributed by atoms with Crippen LogP contribution < -0.4 is 5.32 Å². The molecular weight excluding hydrogens is 301 g/mol. The van der Waals surface area contributed by atoms with Gasteiger partial charge in [-0.25, -0.2) is 4.39 Å². The van der Waals surface area contributed by atoms with E-state index in [4.69, 9.17) is 0 Å². The molecule has 1 amide bonds. The first-order valence-electron chi connectivity index (χ1n) is 6.59. The molecule has 0 aliphatic heterocycles. The van der Waals surface area contributed by atoms with Crippen molar-refractivity contribution in [2.75, 3.05) is 5.32 Å². The summed E-state index contributed by atoms with van der Waals surface area (Å²) in [4.78, 5) is 12.0. The summed E-state index contributed by atoms with van der Waals surface area (Å²) in [7, 11) is 0. The number of hydrogen-bond donors (Lipinski definition) is 1. The first-order valence-corrected chi connectivity index (χ1v) is 7.41. The van der Waals surface area contributed by atoms with E-state index in [9.17, 15) is 9.18 Å². The van der Waals surface area contributed by atoms with E-state index in [0.717, 1.165) is 16.1 Å². The predicted octanol–water partition coefficient (Wildman–Crippen LogP) is 3.90. The minimum absolute atomic E-state index is 0.243. The third kappa shape index (κ3) is 3.17. The maximum atomic E-state index is 13.1. The second-order valence-corrected chi connectivity index (χ2v) is 5.72. The summed E-state index contributed by atoms with van der Waals surface area (Å²) in [5.41, 5.74) is 2.34. The van der Waals surface area contributed by atoms with Crippen molar-refractivity contribution in [2.24, 2.45) is 0 Å². The number of nitrogens with zero attached hydrogens (tertiary/aromatic N) is 2. The van der Waals surface area contributed by atoms with Crippen LogP contribution in [0.1, 0.15) is 15.9 Å². The van der Waals surface area contributed by atoms with Crippen molar-refractivity contribution in [1.82, 2.24) is 10.2 Å². The Morgan fingerprint density at radius 3 is 2.64 bits per heavy atom. The van der Waals surface area contributed by atoms with Crippen LogP contribution in [0.3, 0.4) is 0 Å². The molecule has 0 radical (unpaired) electrons. The number of amides is 1. The molecule has 0 saturated heterocycles. The average molecular weight is 313 g/mol. The number of nitrogens with one attached hydrogen (secondary N) is 1. The summed E-state index contributed by atoms with van der Waals surface area (Å²) >= 11 is 1.27. The molecule has 1 aromatic heterocycles. The standard InChI is InChI=1S/C16H12FN3OS/c1-10-5-7-11(8-6-10)15-19-20-16(22-15)18-14(21)12-3-2-4-13(17)9-12/h2-9H,1H3,(H,18,20,21). The van der Waals surface area contributed by atoms with E-state index in [-0.39, 0.29) is 5.56 Å². The molecule has 0 spiro atoms. The van der Waals surface area contributed by atoms with Gasteiger partial charge in [0.05, 0.1) is 0 Å².